The molecule has 6 nitrogen and oxygen atoms in total. The summed E-state index contributed by atoms with van der Waals surface area (Å²) in [4.78, 5) is 3.71. The zero-order valence-electron chi connectivity index (χ0n) is 8.86. The average Bonchev–Trinajstić information content (AvgIpc) is 2.75. The molecule has 0 spiro atoms. The van der Waals surface area contributed by atoms with Gasteiger partial charge in [-0.15, -0.1) is 0 Å². The maximum atomic E-state index is 11.0. The largest absolute Gasteiger partial charge is 0.507 e. The summed E-state index contributed by atoms with van der Waals surface area (Å²) in [6, 6.07) is 5.24. The van der Waals surface area contributed by atoms with Crippen molar-refractivity contribution in [3.63, 3.8) is 0 Å². The van der Waals surface area contributed by atoms with Crippen LogP contribution in [0.2, 0.25) is 0 Å². The van der Waals surface area contributed by atoms with Crippen LogP contribution in [-0.2, 0) is 10.1 Å². The third-order valence-electron chi connectivity index (χ3n) is 2.68. The molecule has 1 aromatic heterocycles. The molecule has 0 radical (unpaired) electrons. The SMILES string of the molecule is O=S(=O)(O)c1ccc2c(c1)c(O)cc1ocnc12. The Bertz CT molecular complexity index is 866. The van der Waals surface area contributed by atoms with Crippen molar-refractivity contribution < 1.29 is 22.5 Å². The van der Waals surface area contributed by atoms with Crippen molar-refractivity contribution in [1.82, 2.24) is 4.98 Å². The second kappa shape index (κ2) is 3.44. The number of phenols is 1. The van der Waals surface area contributed by atoms with Gasteiger partial charge in [-0.25, -0.2) is 4.98 Å². The monoisotopic (exact) mass is 265 g/mol. The van der Waals surface area contributed by atoms with E-state index in [-0.39, 0.29) is 16.0 Å². The van der Waals surface area contributed by atoms with Crippen molar-refractivity contribution in [2.24, 2.45) is 0 Å². The number of aromatic hydroxyl groups is 1. The van der Waals surface area contributed by atoms with E-state index >= 15 is 0 Å². The minimum absolute atomic E-state index is 0.139. The topological polar surface area (TPSA) is 101 Å². The van der Waals surface area contributed by atoms with Gasteiger partial charge >= 0.3 is 0 Å². The zero-order valence-corrected chi connectivity index (χ0v) is 9.68. The summed E-state index contributed by atoms with van der Waals surface area (Å²) in [5, 5.41) is 10.6. The number of phenolic OH excluding ortho intramolecular Hbond substituents is 1. The molecule has 0 aliphatic rings. The van der Waals surface area contributed by atoms with Crippen LogP contribution in [0.1, 0.15) is 0 Å². The zero-order chi connectivity index (χ0) is 12.9. The van der Waals surface area contributed by atoms with E-state index in [0.717, 1.165) is 0 Å². The summed E-state index contributed by atoms with van der Waals surface area (Å²) in [6.07, 6.45) is 1.24. The van der Waals surface area contributed by atoms with Gasteiger partial charge in [0, 0.05) is 16.8 Å². The van der Waals surface area contributed by atoms with Gasteiger partial charge in [0.05, 0.1) is 4.90 Å². The Morgan fingerprint density at radius 1 is 1.17 bits per heavy atom. The van der Waals surface area contributed by atoms with E-state index in [0.29, 0.717) is 16.5 Å². The molecule has 0 fully saturated rings. The Labute approximate surface area is 101 Å². The van der Waals surface area contributed by atoms with Crippen molar-refractivity contribution in [1.29, 1.82) is 0 Å². The van der Waals surface area contributed by atoms with E-state index < -0.39 is 10.1 Å². The van der Waals surface area contributed by atoms with Crippen molar-refractivity contribution in [2.45, 2.75) is 4.90 Å². The fourth-order valence-corrected chi connectivity index (χ4v) is 2.37. The third-order valence-corrected chi connectivity index (χ3v) is 3.53. The average molecular weight is 265 g/mol. The van der Waals surface area contributed by atoms with Gasteiger partial charge < -0.3 is 9.52 Å². The Hall–Kier alpha value is -2.12. The van der Waals surface area contributed by atoms with Gasteiger partial charge in [-0.3, -0.25) is 4.55 Å². The Balaban J connectivity index is 2.48. The molecule has 92 valence electrons. The predicted octanol–water partition coefficient (Wildman–Crippen LogP) is 1.93. The Kier molecular flexibility index (Phi) is 2.10. The molecule has 7 heteroatoms. The minimum atomic E-state index is -4.31. The van der Waals surface area contributed by atoms with Crippen LogP contribution in [0.25, 0.3) is 21.9 Å². The Morgan fingerprint density at radius 3 is 2.67 bits per heavy atom. The maximum Gasteiger partial charge on any atom is 0.294 e. The molecule has 1 heterocycles. The van der Waals surface area contributed by atoms with E-state index in [1.807, 2.05) is 0 Å². The number of rotatable bonds is 1. The first-order valence-electron chi connectivity index (χ1n) is 4.93. The lowest BCUT2D eigenvalue weighted by Gasteiger charge is -2.03. The van der Waals surface area contributed by atoms with E-state index in [9.17, 15) is 13.5 Å². The van der Waals surface area contributed by atoms with Gasteiger partial charge in [0.1, 0.15) is 11.3 Å². The summed E-state index contributed by atoms with van der Waals surface area (Å²) in [5.74, 6) is -0.139. The van der Waals surface area contributed by atoms with E-state index in [4.69, 9.17) is 8.97 Å². The lowest BCUT2D eigenvalue weighted by molar-refractivity contribution is 0.480. The molecule has 0 aliphatic carbocycles. The molecular weight excluding hydrogens is 258 g/mol. The number of nitrogens with zero attached hydrogens (tertiary/aromatic N) is 1. The minimum Gasteiger partial charge on any atom is -0.507 e. The molecule has 0 atom stereocenters. The first-order valence-corrected chi connectivity index (χ1v) is 6.37. The molecule has 18 heavy (non-hydrogen) atoms. The fourth-order valence-electron chi connectivity index (χ4n) is 1.86. The van der Waals surface area contributed by atoms with Crippen LogP contribution in [0, 0.1) is 0 Å². The normalized spacial score (nSPS) is 12.3. The summed E-state index contributed by atoms with van der Waals surface area (Å²) in [7, 11) is -4.31. The Morgan fingerprint density at radius 2 is 1.94 bits per heavy atom. The number of fused-ring (bicyclic) bond motifs is 3. The standard InChI is InChI=1S/C11H7NO5S/c13-9-4-10-11(12-5-17-10)7-2-1-6(3-8(7)9)18(14,15)16/h1-5,13H,(H,14,15,16). The molecular formula is C11H7NO5S. The van der Waals surface area contributed by atoms with Crippen LogP contribution >= 0.6 is 0 Å². The summed E-state index contributed by atoms with van der Waals surface area (Å²) in [6.45, 7) is 0. The molecule has 3 rings (SSSR count). The molecule has 0 amide bonds. The highest BCUT2D eigenvalue weighted by Gasteiger charge is 2.14. The molecule has 0 aliphatic heterocycles. The summed E-state index contributed by atoms with van der Waals surface area (Å²) in [5.41, 5.74) is 0.921. The van der Waals surface area contributed by atoms with E-state index in [1.54, 1.807) is 0 Å². The van der Waals surface area contributed by atoms with E-state index in [2.05, 4.69) is 4.98 Å². The van der Waals surface area contributed by atoms with Gasteiger partial charge in [-0.05, 0) is 12.1 Å². The van der Waals surface area contributed by atoms with Crippen molar-refractivity contribution in [3.8, 4) is 5.75 Å². The van der Waals surface area contributed by atoms with Crippen LogP contribution < -0.4 is 0 Å². The number of oxazole rings is 1. The summed E-state index contributed by atoms with van der Waals surface area (Å²) >= 11 is 0. The van der Waals surface area contributed by atoms with Gasteiger partial charge in [-0.1, -0.05) is 6.07 Å². The fraction of sp³-hybridized carbons (Fsp3) is 0. The van der Waals surface area contributed by atoms with Gasteiger partial charge in [0.2, 0.25) is 0 Å². The highest BCUT2D eigenvalue weighted by molar-refractivity contribution is 7.85. The first kappa shape index (κ1) is 11.0. The van der Waals surface area contributed by atoms with Gasteiger partial charge in [-0.2, -0.15) is 8.42 Å². The van der Waals surface area contributed by atoms with Gasteiger partial charge in [0.25, 0.3) is 10.1 Å². The van der Waals surface area contributed by atoms with Crippen molar-refractivity contribution in [3.05, 3.63) is 30.7 Å². The molecule has 2 aromatic carbocycles. The first-order chi connectivity index (χ1) is 8.47. The lowest BCUT2D eigenvalue weighted by atomic mass is 10.1. The van der Waals surface area contributed by atoms with Crippen LogP contribution in [-0.4, -0.2) is 23.1 Å². The van der Waals surface area contributed by atoms with Crippen LogP contribution in [0.5, 0.6) is 5.75 Å². The van der Waals surface area contributed by atoms with Crippen LogP contribution in [0.15, 0.2) is 40.0 Å². The number of benzene rings is 2. The lowest BCUT2D eigenvalue weighted by Crippen LogP contribution is -1.97. The molecule has 0 saturated carbocycles. The molecule has 0 saturated heterocycles. The van der Waals surface area contributed by atoms with Crippen LogP contribution in [0.4, 0.5) is 0 Å². The van der Waals surface area contributed by atoms with Crippen molar-refractivity contribution in [2.75, 3.05) is 0 Å². The molecule has 2 N–H and O–H groups in total. The molecule has 0 bridgehead atoms. The second-order valence-corrected chi connectivity index (χ2v) is 5.20. The predicted molar refractivity (Wildman–Crippen MR) is 63.0 cm³/mol. The quantitative estimate of drug-likeness (QED) is 0.652. The van der Waals surface area contributed by atoms with Crippen molar-refractivity contribution >= 4 is 32.0 Å². The summed E-state index contributed by atoms with van der Waals surface area (Å²) < 4.78 is 36.1. The smallest absolute Gasteiger partial charge is 0.294 e. The van der Waals surface area contributed by atoms with Gasteiger partial charge in [0.15, 0.2) is 12.0 Å². The van der Waals surface area contributed by atoms with E-state index in [1.165, 1.54) is 30.7 Å². The van der Waals surface area contributed by atoms with Crippen LogP contribution in [0.3, 0.4) is 0 Å². The highest BCUT2D eigenvalue weighted by Crippen LogP contribution is 2.33. The number of hydrogen-bond acceptors (Lipinski definition) is 5. The second-order valence-electron chi connectivity index (χ2n) is 3.78. The molecule has 0 unspecified atom stereocenters. The molecule has 3 aromatic rings. The number of hydrogen-bond donors (Lipinski definition) is 2. The highest BCUT2D eigenvalue weighted by atomic mass is 32.2. The maximum absolute atomic E-state index is 11.0. The number of aromatic nitrogens is 1. The third kappa shape index (κ3) is 1.52.